The molecule has 1 rings (SSSR count). The molecule has 0 radical (unpaired) electrons. The molecule has 76 valence electrons. The van der Waals surface area contributed by atoms with Gasteiger partial charge in [-0.05, 0) is 6.42 Å². The van der Waals surface area contributed by atoms with E-state index in [-0.39, 0.29) is 12.3 Å². The molecule has 1 aliphatic rings. The van der Waals surface area contributed by atoms with Crippen LogP contribution in [0.4, 0.5) is 0 Å². The molecule has 0 aromatic carbocycles. The van der Waals surface area contributed by atoms with E-state index in [0.717, 1.165) is 0 Å². The number of esters is 1. The first-order valence-electron chi connectivity index (χ1n) is 4.06. The normalized spacial score (nSPS) is 26.9. The van der Waals surface area contributed by atoms with E-state index >= 15 is 0 Å². The van der Waals surface area contributed by atoms with Crippen LogP contribution in [-0.2, 0) is 19.4 Å². The predicted octanol–water partition coefficient (Wildman–Crippen LogP) is -0.716. The average molecular weight is 207 g/mol. The van der Waals surface area contributed by atoms with Crippen molar-refractivity contribution in [3.05, 3.63) is 0 Å². The molecule has 0 aliphatic carbocycles. The van der Waals surface area contributed by atoms with Gasteiger partial charge in [-0.25, -0.2) is 13.2 Å². The van der Waals surface area contributed by atoms with Gasteiger partial charge in [-0.1, -0.05) is 6.92 Å². The van der Waals surface area contributed by atoms with Crippen LogP contribution in [0.2, 0.25) is 0 Å². The standard InChI is InChI=1S/C7H13NO4S/c1-3-4-13(10,11)7(5-8-7)6(9)12-2/h8H,3-5H2,1-2H3. The van der Waals surface area contributed by atoms with Crippen molar-refractivity contribution in [3.8, 4) is 0 Å². The quantitative estimate of drug-likeness (QED) is 0.486. The highest BCUT2D eigenvalue weighted by atomic mass is 32.2. The zero-order valence-corrected chi connectivity index (χ0v) is 8.48. The molecule has 0 aromatic rings. The van der Waals surface area contributed by atoms with E-state index in [2.05, 4.69) is 10.1 Å². The molecule has 0 amide bonds. The zero-order chi connectivity index (χ0) is 10.1. The Kier molecular flexibility index (Phi) is 2.63. The van der Waals surface area contributed by atoms with Crippen LogP contribution >= 0.6 is 0 Å². The average Bonchev–Trinajstić information content (AvgIpc) is 2.83. The van der Waals surface area contributed by atoms with E-state index in [9.17, 15) is 13.2 Å². The molecule has 1 heterocycles. The highest BCUT2D eigenvalue weighted by Gasteiger charge is 2.61. The summed E-state index contributed by atoms with van der Waals surface area (Å²) in [7, 11) is -2.21. The van der Waals surface area contributed by atoms with Gasteiger partial charge >= 0.3 is 5.97 Å². The fourth-order valence-electron chi connectivity index (χ4n) is 1.18. The second-order valence-electron chi connectivity index (χ2n) is 2.99. The Bertz CT molecular complexity index is 304. The van der Waals surface area contributed by atoms with Crippen LogP contribution in [0.15, 0.2) is 0 Å². The first-order valence-corrected chi connectivity index (χ1v) is 5.71. The van der Waals surface area contributed by atoms with Gasteiger partial charge < -0.3 is 4.74 Å². The van der Waals surface area contributed by atoms with Crippen molar-refractivity contribution in [1.29, 1.82) is 0 Å². The first-order chi connectivity index (χ1) is 6.00. The molecule has 0 aromatic heterocycles. The van der Waals surface area contributed by atoms with Gasteiger partial charge in [0.25, 0.3) is 0 Å². The van der Waals surface area contributed by atoms with E-state index in [0.29, 0.717) is 6.42 Å². The summed E-state index contributed by atoms with van der Waals surface area (Å²) in [5.41, 5.74) is 0. The SMILES string of the molecule is CCCS(=O)(=O)C1(C(=O)OC)CN1. The van der Waals surface area contributed by atoms with Crippen molar-refractivity contribution in [3.63, 3.8) is 0 Å². The molecule has 6 heteroatoms. The van der Waals surface area contributed by atoms with Gasteiger partial charge in [0.15, 0.2) is 9.84 Å². The van der Waals surface area contributed by atoms with E-state index in [1.807, 2.05) is 0 Å². The van der Waals surface area contributed by atoms with Gasteiger partial charge in [0, 0.05) is 6.54 Å². The van der Waals surface area contributed by atoms with Gasteiger partial charge in [-0.3, -0.25) is 5.32 Å². The minimum Gasteiger partial charge on any atom is -0.467 e. The lowest BCUT2D eigenvalue weighted by atomic mass is 10.5. The van der Waals surface area contributed by atoms with Crippen LogP contribution in [0, 0.1) is 0 Å². The van der Waals surface area contributed by atoms with Crippen LogP contribution in [0.3, 0.4) is 0 Å². The maximum absolute atomic E-state index is 11.6. The molecule has 1 fully saturated rings. The molecule has 5 nitrogen and oxygen atoms in total. The second kappa shape index (κ2) is 3.26. The number of carbonyl (C=O) groups excluding carboxylic acids is 1. The van der Waals surface area contributed by atoms with E-state index < -0.39 is 20.7 Å². The summed E-state index contributed by atoms with van der Waals surface area (Å²) >= 11 is 0. The zero-order valence-electron chi connectivity index (χ0n) is 7.66. The number of nitrogens with one attached hydrogen (secondary N) is 1. The number of sulfone groups is 1. The van der Waals surface area contributed by atoms with E-state index in [4.69, 9.17) is 0 Å². The topological polar surface area (TPSA) is 82.4 Å². The molecule has 1 N–H and O–H groups in total. The molecule has 0 spiro atoms. The van der Waals surface area contributed by atoms with Gasteiger partial charge in [-0.2, -0.15) is 0 Å². The Hall–Kier alpha value is -0.620. The van der Waals surface area contributed by atoms with Crippen LogP contribution in [-0.4, -0.2) is 38.7 Å². The van der Waals surface area contributed by atoms with Gasteiger partial charge in [-0.15, -0.1) is 0 Å². The molecule has 1 unspecified atom stereocenters. The Morgan fingerprint density at radius 2 is 2.15 bits per heavy atom. The van der Waals surface area contributed by atoms with Gasteiger partial charge in [0.1, 0.15) is 0 Å². The Morgan fingerprint density at radius 1 is 1.62 bits per heavy atom. The largest absolute Gasteiger partial charge is 0.467 e. The van der Waals surface area contributed by atoms with Crippen LogP contribution in [0.5, 0.6) is 0 Å². The van der Waals surface area contributed by atoms with Crippen molar-refractivity contribution in [2.75, 3.05) is 19.4 Å². The van der Waals surface area contributed by atoms with Crippen LogP contribution in [0.25, 0.3) is 0 Å². The Labute approximate surface area is 77.4 Å². The van der Waals surface area contributed by atoms with E-state index in [1.54, 1.807) is 6.92 Å². The third kappa shape index (κ3) is 1.55. The Balaban J connectivity index is 2.88. The fraction of sp³-hybridized carbons (Fsp3) is 0.857. The summed E-state index contributed by atoms with van der Waals surface area (Å²) in [6.07, 6.45) is 0.503. The third-order valence-electron chi connectivity index (χ3n) is 2.02. The van der Waals surface area contributed by atoms with Gasteiger partial charge in [0.2, 0.25) is 4.87 Å². The molecule has 1 atom stereocenters. The van der Waals surface area contributed by atoms with Crippen LogP contribution in [0.1, 0.15) is 13.3 Å². The van der Waals surface area contributed by atoms with Crippen molar-refractivity contribution in [1.82, 2.24) is 5.32 Å². The maximum atomic E-state index is 11.6. The molecular formula is C7H13NO4S. The number of rotatable bonds is 4. The monoisotopic (exact) mass is 207 g/mol. The highest BCUT2D eigenvalue weighted by Crippen LogP contribution is 2.27. The maximum Gasteiger partial charge on any atom is 0.343 e. The van der Waals surface area contributed by atoms with E-state index in [1.165, 1.54) is 7.11 Å². The number of hydrogen-bond donors (Lipinski definition) is 1. The summed E-state index contributed by atoms with van der Waals surface area (Å²) < 4.78 is 27.5. The second-order valence-corrected chi connectivity index (χ2v) is 5.33. The number of carbonyl (C=O) groups is 1. The van der Waals surface area contributed by atoms with Crippen LogP contribution < -0.4 is 5.32 Å². The number of methoxy groups -OCH3 is 1. The first kappa shape index (κ1) is 10.5. The third-order valence-corrected chi connectivity index (χ3v) is 4.48. The van der Waals surface area contributed by atoms with Crippen molar-refractivity contribution in [2.24, 2.45) is 0 Å². The Morgan fingerprint density at radius 3 is 2.46 bits per heavy atom. The number of hydrogen-bond acceptors (Lipinski definition) is 5. The lowest BCUT2D eigenvalue weighted by Crippen LogP contribution is -2.39. The summed E-state index contributed by atoms with van der Waals surface area (Å²) in [6.45, 7) is 1.92. The summed E-state index contributed by atoms with van der Waals surface area (Å²) in [4.78, 5) is 9.72. The molecule has 1 saturated heterocycles. The van der Waals surface area contributed by atoms with Crippen molar-refractivity contribution >= 4 is 15.8 Å². The summed E-state index contributed by atoms with van der Waals surface area (Å²) in [6, 6.07) is 0. The van der Waals surface area contributed by atoms with Crippen molar-refractivity contribution < 1.29 is 17.9 Å². The van der Waals surface area contributed by atoms with Crippen molar-refractivity contribution in [2.45, 2.75) is 18.2 Å². The molecule has 1 aliphatic heterocycles. The summed E-state index contributed by atoms with van der Waals surface area (Å²) in [5.74, 6) is -0.698. The summed E-state index contributed by atoms with van der Waals surface area (Å²) in [5, 5.41) is 2.56. The van der Waals surface area contributed by atoms with Gasteiger partial charge in [0.05, 0.1) is 12.9 Å². The minimum absolute atomic E-state index is 0.00903. The fourth-order valence-corrected chi connectivity index (χ4v) is 2.91. The molecule has 13 heavy (non-hydrogen) atoms. The predicted molar refractivity (Wildman–Crippen MR) is 46.8 cm³/mol. The lowest BCUT2D eigenvalue weighted by Gasteiger charge is -2.10. The molecular weight excluding hydrogens is 194 g/mol. The lowest BCUT2D eigenvalue weighted by molar-refractivity contribution is -0.141. The molecule has 0 saturated carbocycles. The molecule has 0 bridgehead atoms. The minimum atomic E-state index is -3.40. The number of ether oxygens (including phenoxy) is 1. The highest BCUT2D eigenvalue weighted by molar-refractivity contribution is 7.93. The smallest absolute Gasteiger partial charge is 0.343 e.